The summed E-state index contributed by atoms with van der Waals surface area (Å²) in [5.74, 6) is 0.804. The molecule has 4 heteroatoms. The van der Waals surface area contributed by atoms with Gasteiger partial charge in [0, 0.05) is 31.2 Å². The van der Waals surface area contributed by atoms with E-state index in [9.17, 15) is 4.79 Å². The lowest BCUT2D eigenvalue weighted by atomic mass is 10.0. The van der Waals surface area contributed by atoms with Crippen LogP contribution >= 0.6 is 0 Å². The van der Waals surface area contributed by atoms with Crippen molar-refractivity contribution in [1.29, 1.82) is 0 Å². The molecular weight excluding hydrogens is 312 g/mol. The van der Waals surface area contributed by atoms with Gasteiger partial charge in [-0.15, -0.1) is 0 Å². The van der Waals surface area contributed by atoms with Crippen LogP contribution in [-0.4, -0.2) is 36.5 Å². The van der Waals surface area contributed by atoms with Crippen LogP contribution in [0.15, 0.2) is 54.6 Å². The molecule has 0 saturated carbocycles. The zero-order valence-electron chi connectivity index (χ0n) is 14.8. The molecule has 4 nitrogen and oxygen atoms in total. The number of rotatable bonds is 6. The van der Waals surface area contributed by atoms with Crippen LogP contribution in [0.3, 0.4) is 0 Å². The molecule has 0 radical (unpaired) electrons. The minimum atomic E-state index is 0.00422. The maximum absolute atomic E-state index is 12.4. The van der Waals surface area contributed by atoms with Crippen LogP contribution in [0.5, 0.6) is 5.75 Å². The molecule has 0 unspecified atom stereocenters. The Labute approximate surface area is 149 Å². The Kier molecular flexibility index (Phi) is 6.07. The summed E-state index contributed by atoms with van der Waals surface area (Å²) in [4.78, 5) is 14.8. The van der Waals surface area contributed by atoms with E-state index < -0.39 is 0 Å². The fourth-order valence-electron chi connectivity index (χ4n) is 3.21. The van der Waals surface area contributed by atoms with Crippen LogP contribution in [0.4, 0.5) is 0 Å². The number of nitrogens with zero attached hydrogens (tertiary/aromatic N) is 1. The minimum Gasteiger partial charge on any atom is -0.494 e. The van der Waals surface area contributed by atoms with Gasteiger partial charge >= 0.3 is 0 Å². The number of nitrogens with one attached hydrogen (secondary N) is 1. The van der Waals surface area contributed by atoms with Crippen LogP contribution in [0, 0.1) is 0 Å². The van der Waals surface area contributed by atoms with Crippen LogP contribution in [0.25, 0.3) is 0 Å². The molecule has 1 aliphatic rings. The van der Waals surface area contributed by atoms with Crippen molar-refractivity contribution >= 4 is 5.91 Å². The average Bonchev–Trinajstić information content (AvgIpc) is 2.65. The third kappa shape index (κ3) is 5.07. The quantitative estimate of drug-likeness (QED) is 0.877. The van der Waals surface area contributed by atoms with Gasteiger partial charge in [-0.05, 0) is 49.6 Å². The molecule has 0 bridgehead atoms. The van der Waals surface area contributed by atoms with Gasteiger partial charge in [-0.3, -0.25) is 9.69 Å². The van der Waals surface area contributed by atoms with E-state index in [1.807, 2.05) is 37.3 Å². The smallest absolute Gasteiger partial charge is 0.251 e. The number of likely N-dealkylation sites (tertiary alicyclic amines) is 1. The Balaban J connectivity index is 1.46. The zero-order valence-corrected chi connectivity index (χ0v) is 14.8. The second-order valence-electron chi connectivity index (χ2n) is 6.47. The summed E-state index contributed by atoms with van der Waals surface area (Å²) in [6, 6.07) is 18.1. The van der Waals surface area contributed by atoms with Gasteiger partial charge in [-0.1, -0.05) is 30.3 Å². The van der Waals surface area contributed by atoms with Crippen LogP contribution in [-0.2, 0) is 6.54 Å². The number of carbonyl (C=O) groups is 1. The third-order valence-electron chi connectivity index (χ3n) is 4.60. The molecule has 1 fully saturated rings. The molecule has 0 atom stereocenters. The first-order valence-electron chi connectivity index (χ1n) is 9.04. The number of hydrogen-bond donors (Lipinski definition) is 1. The van der Waals surface area contributed by atoms with E-state index in [-0.39, 0.29) is 11.9 Å². The molecule has 1 N–H and O–H groups in total. The summed E-state index contributed by atoms with van der Waals surface area (Å²) in [7, 11) is 0. The van der Waals surface area contributed by atoms with Crippen molar-refractivity contribution in [1.82, 2.24) is 10.2 Å². The van der Waals surface area contributed by atoms with Gasteiger partial charge in [0.25, 0.3) is 5.91 Å². The van der Waals surface area contributed by atoms with Gasteiger partial charge in [0.05, 0.1) is 6.61 Å². The summed E-state index contributed by atoms with van der Waals surface area (Å²) in [5.41, 5.74) is 2.04. The van der Waals surface area contributed by atoms with Crippen molar-refractivity contribution in [2.75, 3.05) is 19.7 Å². The van der Waals surface area contributed by atoms with Crippen molar-refractivity contribution in [2.45, 2.75) is 32.4 Å². The summed E-state index contributed by atoms with van der Waals surface area (Å²) >= 11 is 0. The Morgan fingerprint density at radius 3 is 2.40 bits per heavy atom. The van der Waals surface area contributed by atoms with Crippen molar-refractivity contribution in [3.63, 3.8) is 0 Å². The Hall–Kier alpha value is -2.33. The molecule has 0 spiro atoms. The number of carbonyl (C=O) groups excluding carboxylic acids is 1. The highest BCUT2D eigenvalue weighted by Crippen LogP contribution is 2.16. The lowest BCUT2D eigenvalue weighted by Gasteiger charge is -2.32. The number of amides is 1. The maximum Gasteiger partial charge on any atom is 0.251 e. The molecule has 0 aliphatic carbocycles. The van der Waals surface area contributed by atoms with E-state index in [4.69, 9.17) is 4.74 Å². The standard InChI is InChI=1S/C21H26N2O2/c1-2-25-20-10-8-18(9-11-20)21(24)22-19-12-14-23(15-13-19)16-17-6-4-3-5-7-17/h3-11,19H,2,12-16H2,1H3,(H,22,24). The average molecular weight is 338 g/mol. The summed E-state index contributed by atoms with van der Waals surface area (Å²) in [6.07, 6.45) is 1.99. The molecule has 1 saturated heterocycles. The number of ether oxygens (including phenoxy) is 1. The maximum atomic E-state index is 12.4. The monoisotopic (exact) mass is 338 g/mol. The van der Waals surface area contributed by atoms with E-state index >= 15 is 0 Å². The SMILES string of the molecule is CCOc1ccc(C(=O)NC2CCN(Cc3ccccc3)CC2)cc1. The van der Waals surface area contributed by atoms with Crippen molar-refractivity contribution in [3.05, 3.63) is 65.7 Å². The van der Waals surface area contributed by atoms with E-state index in [0.29, 0.717) is 12.2 Å². The number of benzene rings is 2. The summed E-state index contributed by atoms with van der Waals surface area (Å²) in [5, 5.41) is 3.16. The first-order chi connectivity index (χ1) is 12.2. The van der Waals surface area contributed by atoms with Gasteiger partial charge in [-0.25, -0.2) is 0 Å². The predicted octanol–water partition coefficient (Wildman–Crippen LogP) is 3.48. The largest absolute Gasteiger partial charge is 0.494 e. The molecule has 3 rings (SSSR count). The molecule has 25 heavy (non-hydrogen) atoms. The molecule has 132 valence electrons. The first kappa shape index (κ1) is 17.5. The fourth-order valence-corrected chi connectivity index (χ4v) is 3.21. The minimum absolute atomic E-state index is 0.00422. The topological polar surface area (TPSA) is 41.6 Å². The van der Waals surface area contributed by atoms with Crippen LogP contribution < -0.4 is 10.1 Å². The van der Waals surface area contributed by atoms with Crippen molar-refractivity contribution in [2.24, 2.45) is 0 Å². The molecule has 1 amide bonds. The first-order valence-corrected chi connectivity index (χ1v) is 9.04. The van der Waals surface area contributed by atoms with Crippen LogP contribution in [0.1, 0.15) is 35.7 Å². The second-order valence-corrected chi connectivity index (χ2v) is 6.47. The lowest BCUT2D eigenvalue weighted by Crippen LogP contribution is -2.44. The zero-order chi connectivity index (χ0) is 17.5. The Bertz CT molecular complexity index is 662. The molecule has 2 aromatic carbocycles. The normalized spacial score (nSPS) is 15.7. The molecule has 1 aliphatic heterocycles. The van der Waals surface area contributed by atoms with E-state index in [2.05, 4.69) is 34.5 Å². The molecular formula is C21H26N2O2. The predicted molar refractivity (Wildman–Crippen MR) is 99.8 cm³/mol. The summed E-state index contributed by atoms with van der Waals surface area (Å²) < 4.78 is 5.41. The van der Waals surface area contributed by atoms with Gasteiger partial charge in [0.15, 0.2) is 0 Å². The van der Waals surface area contributed by atoms with Gasteiger partial charge in [-0.2, -0.15) is 0 Å². The second kappa shape index (κ2) is 8.67. The Morgan fingerprint density at radius 2 is 1.76 bits per heavy atom. The molecule has 2 aromatic rings. The van der Waals surface area contributed by atoms with Gasteiger partial charge in [0.1, 0.15) is 5.75 Å². The Morgan fingerprint density at radius 1 is 1.08 bits per heavy atom. The van der Waals surface area contributed by atoms with Gasteiger partial charge < -0.3 is 10.1 Å². The fraction of sp³-hybridized carbons (Fsp3) is 0.381. The number of hydrogen-bond acceptors (Lipinski definition) is 3. The van der Waals surface area contributed by atoms with Crippen molar-refractivity contribution < 1.29 is 9.53 Å². The van der Waals surface area contributed by atoms with E-state index in [0.717, 1.165) is 38.2 Å². The highest BCUT2D eigenvalue weighted by Gasteiger charge is 2.21. The van der Waals surface area contributed by atoms with E-state index in [1.54, 1.807) is 0 Å². The van der Waals surface area contributed by atoms with Crippen LogP contribution in [0.2, 0.25) is 0 Å². The lowest BCUT2D eigenvalue weighted by molar-refractivity contribution is 0.0909. The summed E-state index contributed by atoms with van der Waals surface area (Å²) in [6.45, 7) is 5.60. The highest BCUT2D eigenvalue weighted by atomic mass is 16.5. The number of piperidine rings is 1. The van der Waals surface area contributed by atoms with Crippen molar-refractivity contribution in [3.8, 4) is 5.75 Å². The molecule has 0 aromatic heterocycles. The molecule has 1 heterocycles. The highest BCUT2D eigenvalue weighted by molar-refractivity contribution is 5.94. The third-order valence-corrected chi connectivity index (χ3v) is 4.60. The van der Waals surface area contributed by atoms with Gasteiger partial charge in [0.2, 0.25) is 0 Å². The van der Waals surface area contributed by atoms with E-state index in [1.165, 1.54) is 5.56 Å².